The molecular formula is C16H13Cl2NO4. The number of carboxylic acid groups (broad SMARTS) is 1. The van der Waals surface area contributed by atoms with Gasteiger partial charge in [-0.05, 0) is 37.0 Å². The van der Waals surface area contributed by atoms with Crippen LogP contribution in [0.1, 0.15) is 35.8 Å². The van der Waals surface area contributed by atoms with Crippen LogP contribution in [0.4, 0.5) is 0 Å². The second kappa shape index (κ2) is 4.82. The molecule has 1 aromatic carbocycles. The number of hydrogen-bond donors (Lipinski definition) is 3. The SMILES string of the molecule is O=C(O)C1CC2CC1c1c2c(O)n(-c2ccc(Cl)cc2Cl)c1O. The highest BCUT2D eigenvalue weighted by molar-refractivity contribution is 6.35. The summed E-state index contributed by atoms with van der Waals surface area (Å²) in [6.45, 7) is 0. The lowest BCUT2D eigenvalue weighted by Crippen LogP contribution is -2.19. The Labute approximate surface area is 141 Å². The van der Waals surface area contributed by atoms with Gasteiger partial charge in [-0.3, -0.25) is 4.79 Å². The molecule has 4 rings (SSSR count). The summed E-state index contributed by atoms with van der Waals surface area (Å²) >= 11 is 12.1. The fourth-order valence-electron chi connectivity index (χ4n) is 4.11. The van der Waals surface area contributed by atoms with Gasteiger partial charge in [-0.1, -0.05) is 23.2 Å². The van der Waals surface area contributed by atoms with Crippen molar-refractivity contribution in [2.24, 2.45) is 5.92 Å². The van der Waals surface area contributed by atoms with Crippen LogP contribution in [0.15, 0.2) is 18.2 Å². The molecule has 0 radical (unpaired) electrons. The molecular weight excluding hydrogens is 341 g/mol. The molecule has 23 heavy (non-hydrogen) atoms. The average molecular weight is 354 g/mol. The summed E-state index contributed by atoms with van der Waals surface area (Å²) in [4.78, 5) is 11.4. The predicted molar refractivity (Wildman–Crippen MR) is 85.0 cm³/mol. The Hall–Kier alpha value is -1.85. The molecule has 2 aromatic rings. The van der Waals surface area contributed by atoms with Gasteiger partial charge in [-0.2, -0.15) is 0 Å². The average Bonchev–Trinajstić information content (AvgIpc) is 3.13. The first-order valence-electron chi connectivity index (χ1n) is 7.24. The van der Waals surface area contributed by atoms with E-state index in [1.807, 2.05) is 0 Å². The quantitative estimate of drug-likeness (QED) is 0.765. The standard InChI is InChI=1S/C16H13Cl2NO4/c17-7-1-2-11(10(18)5-7)19-14(20)12-6-3-8(13(12)15(19)21)9(4-6)16(22)23/h1-2,5-6,8-9,20-21H,3-4H2,(H,22,23). The van der Waals surface area contributed by atoms with E-state index in [4.69, 9.17) is 23.2 Å². The summed E-state index contributed by atoms with van der Waals surface area (Å²) in [5, 5.41) is 31.3. The van der Waals surface area contributed by atoms with Crippen LogP contribution < -0.4 is 0 Å². The maximum atomic E-state index is 11.4. The lowest BCUT2D eigenvalue weighted by atomic mass is 9.85. The van der Waals surface area contributed by atoms with Crippen LogP contribution in [0.2, 0.25) is 10.0 Å². The fraction of sp³-hybridized carbons (Fsp3) is 0.312. The van der Waals surface area contributed by atoms with E-state index in [1.165, 1.54) is 10.6 Å². The summed E-state index contributed by atoms with van der Waals surface area (Å²) in [7, 11) is 0. The predicted octanol–water partition coefficient (Wildman–Crippen LogP) is 3.87. The van der Waals surface area contributed by atoms with Gasteiger partial charge < -0.3 is 15.3 Å². The monoisotopic (exact) mass is 353 g/mol. The number of aliphatic carboxylic acids is 1. The molecule has 3 atom stereocenters. The Morgan fingerprint density at radius 2 is 1.83 bits per heavy atom. The minimum Gasteiger partial charge on any atom is -0.494 e. The number of aromatic hydroxyl groups is 2. The molecule has 1 heterocycles. The lowest BCUT2D eigenvalue weighted by Gasteiger charge is -2.17. The van der Waals surface area contributed by atoms with Gasteiger partial charge in [0.2, 0.25) is 11.8 Å². The number of rotatable bonds is 2. The first kappa shape index (κ1) is 14.7. The van der Waals surface area contributed by atoms with Gasteiger partial charge in [-0.15, -0.1) is 0 Å². The smallest absolute Gasteiger partial charge is 0.307 e. The van der Waals surface area contributed by atoms with E-state index in [9.17, 15) is 20.1 Å². The number of benzene rings is 1. The van der Waals surface area contributed by atoms with Crippen molar-refractivity contribution in [2.75, 3.05) is 0 Å². The highest BCUT2D eigenvalue weighted by Gasteiger charge is 2.52. The molecule has 0 spiro atoms. The summed E-state index contributed by atoms with van der Waals surface area (Å²) in [6.07, 6.45) is 1.14. The van der Waals surface area contributed by atoms with E-state index in [0.717, 1.165) is 0 Å². The van der Waals surface area contributed by atoms with Gasteiger partial charge in [0.15, 0.2) is 0 Å². The van der Waals surface area contributed by atoms with E-state index < -0.39 is 11.9 Å². The maximum Gasteiger partial charge on any atom is 0.307 e. The van der Waals surface area contributed by atoms with E-state index in [2.05, 4.69) is 0 Å². The summed E-state index contributed by atoms with van der Waals surface area (Å²) in [5.74, 6) is -1.91. The van der Waals surface area contributed by atoms with Crippen LogP contribution >= 0.6 is 23.2 Å². The molecule has 1 fully saturated rings. The molecule has 5 nitrogen and oxygen atoms in total. The van der Waals surface area contributed by atoms with Gasteiger partial charge in [0.05, 0.1) is 16.6 Å². The second-order valence-electron chi connectivity index (χ2n) is 6.13. The van der Waals surface area contributed by atoms with Crippen molar-refractivity contribution in [3.8, 4) is 17.4 Å². The van der Waals surface area contributed by atoms with Gasteiger partial charge in [0.25, 0.3) is 0 Å². The minimum absolute atomic E-state index is 0.0469. The molecule has 0 aliphatic heterocycles. The maximum absolute atomic E-state index is 11.4. The molecule has 0 amide bonds. The van der Waals surface area contributed by atoms with Crippen LogP contribution in [-0.4, -0.2) is 25.9 Å². The minimum atomic E-state index is -0.862. The molecule has 3 unspecified atom stereocenters. The highest BCUT2D eigenvalue weighted by Crippen LogP contribution is 2.62. The first-order valence-corrected chi connectivity index (χ1v) is 8.00. The molecule has 3 N–H and O–H groups in total. The number of carbonyl (C=O) groups is 1. The van der Waals surface area contributed by atoms with Gasteiger partial charge in [-0.25, -0.2) is 4.57 Å². The summed E-state index contributed by atoms with van der Waals surface area (Å²) in [6, 6.07) is 4.74. The van der Waals surface area contributed by atoms with Gasteiger partial charge >= 0.3 is 5.97 Å². The third kappa shape index (κ3) is 1.90. The Balaban J connectivity index is 1.90. The Bertz CT molecular complexity index is 845. The Kier molecular flexibility index (Phi) is 3.09. The van der Waals surface area contributed by atoms with Crippen molar-refractivity contribution >= 4 is 29.2 Å². The van der Waals surface area contributed by atoms with Crippen molar-refractivity contribution in [2.45, 2.75) is 24.7 Å². The van der Waals surface area contributed by atoms with Crippen LogP contribution in [0, 0.1) is 5.92 Å². The zero-order valence-corrected chi connectivity index (χ0v) is 13.3. The summed E-state index contributed by atoms with van der Waals surface area (Å²) < 4.78 is 1.27. The van der Waals surface area contributed by atoms with Crippen molar-refractivity contribution in [1.29, 1.82) is 0 Å². The molecule has 1 saturated carbocycles. The van der Waals surface area contributed by atoms with Gasteiger partial charge in [0, 0.05) is 22.1 Å². The molecule has 0 saturated heterocycles. The molecule has 2 aliphatic carbocycles. The topological polar surface area (TPSA) is 82.7 Å². The fourth-order valence-corrected chi connectivity index (χ4v) is 4.60. The third-order valence-electron chi connectivity index (χ3n) is 5.01. The lowest BCUT2D eigenvalue weighted by molar-refractivity contribution is -0.142. The molecule has 120 valence electrons. The van der Waals surface area contributed by atoms with Gasteiger partial charge in [0.1, 0.15) is 0 Å². The van der Waals surface area contributed by atoms with Crippen LogP contribution in [-0.2, 0) is 4.79 Å². The molecule has 2 aliphatic rings. The number of nitrogens with zero attached hydrogens (tertiary/aromatic N) is 1. The van der Waals surface area contributed by atoms with E-state index in [1.54, 1.807) is 12.1 Å². The number of fused-ring (bicyclic) bond motifs is 5. The Morgan fingerprint density at radius 3 is 2.48 bits per heavy atom. The van der Waals surface area contributed by atoms with E-state index in [-0.39, 0.29) is 23.6 Å². The molecule has 1 aromatic heterocycles. The Morgan fingerprint density at radius 1 is 1.13 bits per heavy atom. The van der Waals surface area contributed by atoms with Crippen molar-refractivity contribution < 1.29 is 20.1 Å². The van der Waals surface area contributed by atoms with Crippen LogP contribution in [0.5, 0.6) is 11.8 Å². The van der Waals surface area contributed by atoms with Crippen molar-refractivity contribution in [1.82, 2.24) is 4.57 Å². The molecule has 7 heteroatoms. The zero-order chi connectivity index (χ0) is 16.5. The van der Waals surface area contributed by atoms with Crippen LogP contribution in [0.3, 0.4) is 0 Å². The van der Waals surface area contributed by atoms with Crippen molar-refractivity contribution in [3.05, 3.63) is 39.4 Å². The first-order chi connectivity index (χ1) is 10.9. The number of halogens is 2. The number of carboxylic acids is 1. The normalized spacial score (nSPS) is 24.9. The highest BCUT2D eigenvalue weighted by atomic mass is 35.5. The number of aromatic nitrogens is 1. The molecule has 2 bridgehead atoms. The van der Waals surface area contributed by atoms with Crippen molar-refractivity contribution in [3.63, 3.8) is 0 Å². The van der Waals surface area contributed by atoms with Crippen LogP contribution in [0.25, 0.3) is 5.69 Å². The third-order valence-corrected chi connectivity index (χ3v) is 5.54. The largest absolute Gasteiger partial charge is 0.494 e. The van der Waals surface area contributed by atoms with E-state index >= 15 is 0 Å². The second-order valence-corrected chi connectivity index (χ2v) is 6.97. The zero-order valence-electron chi connectivity index (χ0n) is 11.8. The number of hydrogen-bond acceptors (Lipinski definition) is 3. The summed E-state index contributed by atoms with van der Waals surface area (Å²) in [5.41, 5.74) is 1.60. The van der Waals surface area contributed by atoms with E-state index in [0.29, 0.717) is 39.7 Å².